The average Bonchev–Trinajstić information content (AvgIpc) is 3.09. The van der Waals surface area contributed by atoms with E-state index >= 15 is 0 Å². The molecule has 6 nitrogen and oxygen atoms in total. The fourth-order valence-corrected chi connectivity index (χ4v) is 3.94. The Hall–Kier alpha value is -3.09. The van der Waals surface area contributed by atoms with E-state index in [1.165, 1.54) is 0 Å². The molecule has 4 aromatic rings. The number of rotatable bonds is 5. The third-order valence-electron chi connectivity index (χ3n) is 5.06. The molecule has 1 amide bonds. The molecule has 0 saturated heterocycles. The molecule has 0 aliphatic carbocycles. The Labute approximate surface area is 189 Å². The molecule has 0 aliphatic heterocycles. The lowest BCUT2D eigenvalue weighted by atomic mass is 10.1. The summed E-state index contributed by atoms with van der Waals surface area (Å²) in [5.74, 6) is -0.235. The molecule has 2 aromatic heterocycles. The molecule has 0 aliphatic rings. The highest BCUT2D eigenvalue weighted by molar-refractivity contribution is 6.42. The summed E-state index contributed by atoms with van der Waals surface area (Å²) < 4.78 is 3.36. The molecular weight excluding hydrogens is 435 g/mol. The molecule has 0 radical (unpaired) electrons. The number of hydrogen-bond donors (Lipinski definition) is 1. The van der Waals surface area contributed by atoms with E-state index in [-0.39, 0.29) is 24.4 Å². The van der Waals surface area contributed by atoms with Crippen LogP contribution in [0.4, 0.5) is 5.69 Å². The zero-order valence-corrected chi connectivity index (χ0v) is 18.5. The quantitative estimate of drug-likeness (QED) is 0.453. The summed E-state index contributed by atoms with van der Waals surface area (Å²) in [7, 11) is 0. The van der Waals surface area contributed by atoms with E-state index in [2.05, 4.69) is 10.4 Å². The molecule has 0 fully saturated rings. The number of amides is 1. The zero-order valence-electron chi connectivity index (χ0n) is 17.0. The smallest absolute Gasteiger partial charge is 0.252 e. The van der Waals surface area contributed by atoms with Gasteiger partial charge in [0.2, 0.25) is 5.91 Å². The first-order chi connectivity index (χ1) is 14.8. The highest BCUT2D eigenvalue weighted by atomic mass is 35.5. The summed E-state index contributed by atoms with van der Waals surface area (Å²) in [5.41, 5.74) is 3.58. The Balaban J connectivity index is 1.68. The van der Waals surface area contributed by atoms with Crippen LogP contribution in [0.25, 0.3) is 16.7 Å². The number of pyridine rings is 1. The van der Waals surface area contributed by atoms with Gasteiger partial charge in [0.15, 0.2) is 0 Å². The van der Waals surface area contributed by atoms with E-state index in [1.807, 2.05) is 44.2 Å². The maximum atomic E-state index is 12.9. The average molecular weight is 455 g/mol. The van der Waals surface area contributed by atoms with Crippen molar-refractivity contribution in [3.05, 3.63) is 86.3 Å². The van der Waals surface area contributed by atoms with Crippen molar-refractivity contribution in [3.8, 4) is 5.69 Å². The van der Waals surface area contributed by atoms with Gasteiger partial charge in [0.1, 0.15) is 5.65 Å². The van der Waals surface area contributed by atoms with Crippen LogP contribution >= 0.6 is 23.2 Å². The van der Waals surface area contributed by atoms with Crippen LogP contribution in [0.1, 0.15) is 17.7 Å². The first-order valence-corrected chi connectivity index (χ1v) is 10.5. The van der Waals surface area contributed by atoms with Crippen molar-refractivity contribution >= 4 is 45.8 Å². The molecular formula is C23H20Cl2N4O2. The van der Waals surface area contributed by atoms with Crippen molar-refractivity contribution in [2.45, 2.75) is 26.8 Å². The number of benzene rings is 2. The lowest BCUT2D eigenvalue weighted by Crippen LogP contribution is -2.25. The molecule has 1 N–H and O–H groups in total. The van der Waals surface area contributed by atoms with Gasteiger partial charge in [-0.15, -0.1) is 0 Å². The first kappa shape index (κ1) is 21.2. The Morgan fingerprint density at radius 1 is 1.03 bits per heavy atom. The fourth-order valence-electron chi connectivity index (χ4n) is 3.64. The van der Waals surface area contributed by atoms with E-state index < -0.39 is 0 Å². The molecule has 0 unspecified atom stereocenters. The molecule has 2 aromatic carbocycles. The van der Waals surface area contributed by atoms with Crippen molar-refractivity contribution in [2.24, 2.45) is 0 Å². The van der Waals surface area contributed by atoms with Gasteiger partial charge in [-0.05, 0) is 49.7 Å². The van der Waals surface area contributed by atoms with E-state index in [0.717, 1.165) is 22.3 Å². The predicted octanol–water partition coefficient (Wildman–Crippen LogP) is 5.14. The Bertz CT molecular complexity index is 1340. The van der Waals surface area contributed by atoms with Crippen molar-refractivity contribution in [1.82, 2.24) is 14.3 Å². The number of fused-ring (bicyclic) bond motifs is 1. The maximum absolute atomic E-state index is 12.9. The third kappa shape index (κ3) is 4.22. The second-order valence-electron chi connectivity index (χ2n) is 7.28. The molecule has 31 heavy (non-hydrogen) atoms. The second-order valence-corrected chi connectivity index (χ2v) is 8.09. The fraction of sp³-hybridized carbons (Fsp3) is 0.174. The number of carbonyl (C=O) groups is 1. The van der Waals surface area contributed by atoms with Crippen molar-refractivity contribution in [2.75, 3.05) is 5.32 Å². The maximum Gasteiger partial charge on any atom is 0.252 e. The Morgan fingerprint density at radius 2 is 1.77 bits per heavy atom. The number of carbonyl (C=O) groups excluding carboxylic acids is 1. The monoisotopic (exact) mass is 454 g/mol. The second kappa shape index (κ2) is 8.57. The van der Waals surface area contributed by atoms with E-state index in [4.69, 9.17) is 23.2 Å². The molecule has 4 rings (SSSR count). The minimum Gasteiger partial charge on any atom is -0.326 e. The van der Waals surface area contributed by atoms with Crippen LogP contribution in [0, 0.1) is 13.8 Å². The standard InChI is InChI=1S/C23H20Cl2N4O2/c1-14-12-21(31)28(11-10-20(30)26-16-8-9-18(24)19(25)13-16)23-22(14)15(2)27-29(23)17-6-4-3-5-7-17/h3-9,12-13H,10-11H2,1-2H3,(H,26,30). The van der Waals surface area contributed by atoms with Gasteiger partial charge < -0.3 is 5.32 Å². The van der Waals surface area contributed by atoms with Crippen LogP contribution in [0.3, 0.4) is 0 Å². The lowest BCUT2D eigenvalue weighted by Gasteiger charge is -2.12. The van der Waals surface area contributed by atoms with Gasteiger partial charge in [-0.2, -0.15) is 5.10 Å². The van der Waals surface area contributed by atoms with Gasteiger partial charge in [0, 0.05) is 30.1 Å². The summed E-state index contributed by atoms with van der Waals surface area (Å²) in [6.07, 6.45) is 0.108. The SMILES string of the molecule is Cc1cc(=O)n(CCC(=O)Nc2ccc(Cl)c(Cl)c2)c2c1c(C)nn2-c1ccccc1. The number of para-hydroxylation sites is 1. The van der Waals surface area contributed by atoms with E-state index in [9.17, 15) is 9.59 Å². The number of hydrogen-bond acceptors (Lipinski definition) is 3. The highest BCUT2D eigenvalue weighted by Crippen LogP contribution is 2.26. The number of halogens is 2. The predicted molar refractivity (Wildman–Crippen MR) is 125 cm³/mol. The number of anilines is 1. The zero-order chi connectivity index (χ0) is 22.1. The number of aryl methyl sites for hydroxylation is 3. The summed E-state index contributed by atoms with van der Waals surface area (Å²) in [4.78, 5) is 25.4. The molecule has 0 atom stereocenters. The minimum atomic E-state index is -0.235. The van der Waals surface area contributed by atoms with Crippen LogP contribution in [0.5, 0.6) is 0 Å². The van der Waals surface area contributed by atoms with Gasteiger partial charge in [0.05, 0.1) is 21.4 Å². The van der Waals surface area contributed by atoms with Crippen LogP contribution in [0.2, 0.25) is 10.0 Å². The van der Waals surface area contributed by atoms with E-state index in [1.54, 1.807) is 33.5 Å². The van der Waals surface area contributed by atoms with Gasteiger partial charge in [0.25, 0.3) is 5.56 Å². The number of aromatic nitrogens is 3. The highest BCUT2D eigenvalue weighted by Gasteiger charge is 2.17. The first-order valence-electron chi connectivity index (χ1n) is 9.75. The van der Waals surface area contributed by atoms with Gasteiger partial charge in [-0.1, -0.05) is 41.4 Å². The topological polar surface area (TPSA) is 68.9 Å². The molecule has 2 heterocycles. The third-order valence-corrected chi connectivity index (χ3v) is 5.80. The summed E-state index contributed by atoms with van der Waals surface area (Å²) in [6, 6.07) is 16.1. The van der Waals surface area contributed by atoms with Crippen LogP contribution in [0.15, 0.2) is 59.4 Å². The van der Waals surface area contributed by atoms with Crippen LogP contribution in [-0.2, 0) is 11.3 Å². The largest absolute Gasteiger partial charge is 0.326 e. The lowest BCUT2D eigenvalue weighted by molar-refractivity contribution is -0.116. The van der Waals surface area contributed by atoms with Crippen LogP contribution in [-0.4, -0.2) is 20.3 Å². The molecule has 0 spiro atoms. The summed E-state index contributed by atoms with van der Waals surface area (Å²) in [6.45, 7) is 4.02. The Kier molecular flexibility index (Phi) is 5.85. The van der Waals surface area contributed by atoms with Gasteiger partial charge in [-0.3, -0.25) is 14.2 Å². The summed E-state index contributed by atoms with van der Waals surface area (Å²) >= 11 is 11.9. The van der Waals surface area contributed by atoms with Crippen molar-refractivity contribution in [1.29, 1.82) is 0 Å². The van der Waals surface area contributed by atoms with Crippen LogP contribution < -0.4 is 10.9 Å². The molecule has 0 bridgehead atoms. The normalized spacial score (nSPS) is 11.1. The molecule has 8 heteroatoms. The molecule has 0 saturated carbocycles. The number of nitrogens with zero attached hydrogens (tertiary/aromatic N) is 3. The van der Waals surface area contributed by atoms with Gasteiger partial charge >= 0.3 is 0 Å². The minimum absolute atomic E-state index is 0.108. The van der Waals surface area contributed by atoms with E-state index in [0.29, 0.717) is 21.4 Å². The van der Waals surface area contributed by atoms with Gasteiger partial charge in [-0.25, -0.2) is 4.68 Å². The number of nitrogens with one attached hydrogen (secondary N) is 1. The van der Waals surface area contributed by atoms with Crippen molar-refractivity contribution in [3.63, 3.8) is 0 Å². The molecule has 158 valence electrons. The summed E-state index contributed by atoms with van der Waals surface area (Å²) in [5, 5.41) is 9.14. The Morgan fingerprint density at radius 3 is 2.48 bits per heavy atom. The van der Waals surface area contributed by atoms with Crippen molar-refractivity contribution < 1.29 is 4.79 Å².